The standard InChI is InChI=1S/C19H21N3O3S3/c1-14-17(18(23)21-28(2,24)25)20-19(27-14)22(11-10-16-9-6-12-26-16)13-15-7-4-3-5-8-15/h3-9,12H,10-11,13H2,1-2H3,(H,21,23). The zero-order valence-electron chi connectivity index (χ0n) is 15.6. The van der Waals surface area contributed by atoms with Crippen LogP contribution in [0.4, 0.5) is 5.13 Å². The van der Waals surface area contributed by atoms with Gasteiger partial charge in [-0.05, 0) is 30.4 Å². The second-order valence-corrected chi connectivity index (χ2v) is 10.3. The van der Waals surface area contributed by atoms with Crippen molar-refractivity contribution in [2.75, 3.05) is 17.7 Å². The highest BCUT2D eigenvalue weighted by Crippen LogP contribution is 2.28. The van der Waals surface area contributed by atoms with Gasteiger partial charge in [-0.2, -0.15) is 0 Å². The van der Waals surface area contributed by atoms with Crippen LogP contribution in [0.25, 0.3) is 0 Å². The van der Waals surface area contributed by atoms with E-state index in [1.165, 1.54) is 16.2 Å². The van der Waals surface area contributed by atoms with E-state index >= 15 is 0 Å². The van der Waals surface area contributed by atoms with Crippen molar-refractivity contribution >= 4 is 43.7 Å². The summed E-state index contributed by atoms with van der Waals surface area (Å²) < 4.78 is 24.7. The van der Waals surface area contributed by atoms with Gasteiger partial charge in [0.05, 0.1) is 6.26 Å². The molecule has 0 aliphatic heterocycles. The second-order valence-electron chi connectivity index (χ2n) is 6.34. The van der Waals surface area contributed by atoms with Crippen LogP contribution in [0.3, 0.4) is 0 Å². The average molecular weight is 436 g/mol. The van der Waals surface area contributed by atoms with Crippen LogP contribution in [0.5, 0.6) is 0 Å². The average Bonchev–Trinajstić information content (AvgIpc) is 3.27. The van der Waals surface area contributed by atoms with Gasteiger partial charge in [0.15, 0.2) is 5.13 Å². The van der Waals surface area contributed by atoms with E-state index < -0.39 is 15.9 Å². The van der Waals surface area contributed by atoms with Gasteiger partial charge in [-0.3, -0.25) is 4.79 Å². The van der Waals surface area contributed by atoms with Crippen molar-refractivity contribution in [3.8, 4) is 0 Å². The highest BCUT2D eigenvalue weighted by Gasteiger charge is 2.21. The Hall–Kier alpha value is -2.23. The number of benzene rings is 1. The van der Waals surface area contributed by atoms with Crippen LogP contribution in [-0.4, -0.2) is 32.1 Å². The van der Waals surface area contributed by atoms with Gasteiger partial charge in [-0.25, -0.2) is 18.1 Å². The number of amides is 1. The third-order valence-electron chi connectivity index (χ3n) is 3.97. The molecule has 3 rings (SSSR count). The fourth-order valence-corrected chi connectivity index (χ4v) is 4.75. The van der Waals surface area contributed by atoms with Crippen LogP contribution in [0.2, 0.25) is 0 Å². The molecule has 1 N–H and O–H groups in total. The minimum Gasteiger partial charge on any atom is -0.343 e. The van der Waals surface area contributed by atoms with Gasteiger partial charge in [0.1, 0.15) is 5.69 Å². The molecule has 0 atom stereocenters. The van der Waals surface area contributed by atoms with Crippen molar-refractivity contribution in [2.45, 2.75) is 19.9 Å². The maximum Gasteiger partial charge on any atom is 0.284 e. The predicted octanol–water partition coefficient (Wildman–Crippen LogP) is 3.45. The Labute approximate surface area is 172 Å². The number of carbonyl (C=O) groups excluding carboxylic acids is 1. The van der Waals surface area contributed by atoms with Gasteiger partial charge in [-0.1, -0.05) is 36.4 Å². The largest absolute Gasteiger partial charge is 0.343 e. The molecule has 0 fully saturated rings. The number of hydrogen-bond donors (Lipinski definition) is 1. The summed E-state index contributed by atoms with van der Waals surface area (Å²) in [5.74, 6) is -0.694. The molecule has 0 bridgehead atoms. The molecular weight excluding hydrogens is 414 g/mol. The highest BCUT2D eigenvalue weighted by molar-refractivity contribution is 7.89. The fourth-order valence-electron chi connectivity index (χ4n) is 2.69. The number of rotatable bonds is 8. The number of nitrogens with one attached hydrogen (secondary N) is 1. The van der Waals surface area contributed by atoms with E-state index in [4.69, 9.17) is 0 Å². The molecule has 6 nitrogen and oxygen atoms in total. The minimum atomic E-state index is -3.63. The van der Waals surface area contributed by atoms with E-state index in [-0.39, 0.29) is 5.69 Å². The van der Waals surface area contributed by atoms with Gasteiger partial charge in [0.2, 0.25) is 10.0 Å². The first-order chi connectivity index (χ1) is 13.3. The van der Waals surface area contributed by atoms with Gasteiger partial charge in [0.25, 0.3) is 5.91 Å². The van der Waals surface area contributed by atoms with Crippen molar-refractivity contribution in [1.82, 2.24) is 9.71 Å². The molecule has 1 aromatic carbocycles. The first kappa shape index (κ1) is 20.5. The topological polar surface area (TPSA) is 79.4 Å². The Morgan fingerprint density at radius 1 is 1.18 bits per heavy atom. The molecule has 0 spiro atoms. The maximum atomic E-state index is 12.3. The summed E-state index contributed by atoms with van der Waals surface area (Å²) in [6.07, 6.45) is 1.82. The van der Waals surface area contributed by atoms with Crippen molar-refractivity contribution in [3.63, 3.8) is 0 Å². The van der Waals surface area contributed by atoms with Gasteiger partial charge >= 0.3 is 0 Å². The molecule has 0 saturated carbocycles. The summed E-state index contributed by atoms with van der Waals surface area (Å²) in [5, 5.41) is 2.76. The first-order valence-corrected chi connectivity index (χ1v) is 12.2. The summed E-state index contributed by atoms with van der Waals surface area (Å²) in [5.41, 5.74) is 1.29. The number of carbonyl (C=O) groups is 1. The van der Waals surface area contributed by atoms with E-state index in [9.17, 15) is 13.2 Å². The van der Waals surface area contributed by atoms with Crippen LogP contribution in [0.1, 0.15) is 25.8 Å². The van der Waals surface area contributed by atoms with Gasteiger partial charge in [0, 0.05) is 22.8 Å². The van der Waals surface area contributed by atoms with Crippen molar-refractivity contribution in [3.05, 3.63) is 68.9 Å². The van der Waals surface area contributed by atoms with E-state index in [1.807, 2.05) is 29.0 Å². The lowest BCUT2D eigenvalue weighted by Crippen LogP contribution is -2.30. The number of hydrogen-bond acceptors (Lipinski definition) is 7. The SMILES string of the molecule is Cc1sc(N(CCc2cccs2)Cc2ccccc2)nc1C(=O)NS(C)(=O)=O. The lowest BCUT2D eigenvalue weighted by atomic mass is 10.2. The Morgan fingerprint density at radius 2 is 1.93 bits per heavy atom. The van der Waals surface area contributed by atoms with Crippen molar-refractivity contribution < 1.29 is 13.2 Å². The molecule has 9 heteroatoms. The van der Waals surface area contributed by atoms with E-state index in [2.05, 4.69) is 33.5 Å². The number of aryl methyl sites for hydroxylation is 1. The number of thiazole rings is 1. The molecule has 0 aliphatic carbocycles. The monoisotopic (exact) mass is 435 g/mol. The summed E-state index contributed by atoms with van der Waals surface area (Å²) >= 11 is 3.11. The summed E-state index contributed by atoms with van der Waals surface area (Å²) in [6, 6.07) is 14.2. The van der Waals surface area contributed by atoms with E-state index in [0.717, 1.165) is 24.8 Å². The molecule has 148 valence electrons. The molecule has 0 aliphatic rings. The number of thiophene rings is 1. The van der Waals surface area contributed by atoms with E-state index in [1.54, 1.807) is 18.3 Å². The number of nitrogens with zero attached hydrogens (tertiary/aromatic N) is 2. The summed E-state index contributed by atoms with van der Waals surface area (Å²) in [4.78, 5) is 20.8. The number of aromatic nitrogens is 1. The normalized spacial score (nSPS) is 11.4. The number of anilines is 1. The smallest absolute Gasteiger partial charge is 0.284 e. The molecular formula is C19H21N3O3S3. The zero-order chi connectivity index (χ0) is 20.1. The van der Waals surface area contributed by atoms with E-state index in [0.29, 0.717) is 16.6 Å². The highest BCUT2D eigenvalue weighted by atomic mass is 32.2. The number of sulfonamides is 1. The lowest BCUT2D eigenvalue weighted by molar-refractivity contribution is 0.0977. The quantitative estimate of drug-likeness (QED) is 0.586. The molecule has 1 amide bonds. The fraction of sp³-hybridized carbons (Fsp3) is 0.263. The van der Waals surface area contributed by atoms with Crippen LogP contribution in [-0.2, 0) is 23.0 Å². The maximum absolute atomic E-state index is 12.3. The van der Waals surface area contributed by atoms with Gasteiger partial charge < -0.3 is 4.90 Å². The minimum absolute atomic E-state index is 0.152. The molecule has 2 heterocycles. The molecule has 0 saturated heterocycles. The van der Waals surface area contributed by atoms with Crippen LogP contribution >= 0.6 is 22.7 Å². The Morgan fingerprint density at radius 3 is 2.57 bits per heavy atom. The van der Waals surface area contributed by atoms with Crippen LogP contribution in [0.15, 0.2) is 47.8 Å². The van der Waals surface area contributed by atoms with Crippen molar-refractivity contribution in [2.24, 2.45) is 0 Å². The zero-order valence-corrected chi connectivity index (χ0v) is 18.0. The van der Waals surface area contributed by atoms with Gasteiger partial charge in [-0.15, -0.1) is 22.7 Å². The third kappa shape index (κ3) is 5.63. The van der Waals surface area contributed by atoms with Crippen LogP contribution in [0, 0.1) is 6.92 Å². The van der Waals surface area contributed by atoms with Crippen LogP contribution < -0.4 is 9.62 Å². The molecule has 28 heavy (non-hydrogen) atoms. The molecule has 0 unspecified atom stereocenters. The first-order valence-electron chi connectivity index (χ1n) is 8.62. The second kappa shape index (κ2) is 8.85. The predicted molar refractivity (Wildman–Crippen MR) is 115 cm³/mol. The van der Waals surface area contributed by atoms with Crippen molar-refractivity contribution in [1.29, 1.82) is 0 Å². The molecule has 3 aromatic rings. The third-order valence-corrected chi connectivity index (χ3v) is 6.50. The Kier molecular flexibility index (Phi) is 6.48. The summed E-state index contributed by atoms with van der Waals surface area (Å²) in [6.45, 7) is 3.18. The summed E-state index contributed by atoms with van der Waals surface area (Å²) in [7, 11) is -3.63. The Bertz CT molecular complexity index is 1030. The lowest BCUT2D eigenvalue weighted by Gasteiger charge is -2.21. The molecule has 0 radical (unpaired) electrons. The Balaban J connectivity index is 1.84. The molecule has 2 aromatic heterocycles.